The van der Waals surface area contributed by atoms with Gasteiger partial charge in [0.1, 0.15) is 0 Å². The van der Waals surface area contributed by atoms with Crippen molar-refractivity contribution in [1.82, 2.24) is 6.15 Å². The largest absolute Gasteiger partial charge is 0.412 e. The molecule has 2 nitrogen and oxygen atoms in total. The molecule has 0 saturated heterocycles. The monoisotopic (exact) mass is 521 g/mol. The summed E-state index contributed by atoms with van der Waals surface area (Å²) in [5.74, 6) is 0. The predicted octanol–water partition coefficient (Wildman–Crippen LogP) is 1.44. The number of hydrogen-bond acceptors (Lipinski definition) is 1. The van der Waals surface area contributed by atoms with Gasteiger partial charge in [0.25, 0.3) is 0 Å². The van der Waals surface area contributed by atoms with E-state index in [1.807, 2.05) is 0 Å². The van der Waals surface area contributed by atoms with E-state index in [0.717, 1.165) is 0 Å². The van der Waals surface area contributed by atoms with E-state index < -0.39 is 0 Å². The van der Waals surface area contributed by atoms with Gasteiger partial charge in [-0.1, -0.05) is 0 Å². The van der Waals surface area contributed by atoms with Crippen molar-refractivity contribution in [1.29, 1.82) is 0 Å². The van der Waals surface area contributed by atoms with E-state index in [4.69, 9.17) is 0 Å². The molecule has 0 fully saturated rings. The molecule has 0 spiro atoms. The Kier molecular flexibility index (Phi) is 2780. The molecule has 0 radical (unpaired) electrons. The second-order valence-corrected chi connectivity index (χ2v) is 0. The zero-order valence-corrected chi connectivity index (χ0v) is 13.6. The third-order valence-corrected chi connectivity index (χ3v) is 0. The van der Waals surface area contributed by atoms with Gasteiger partial charge in [0, 0.05) is 58.4 Å². The average Bonchev–Trinajstić information content (AvgIpc) is 0. The minimum Gasteiger partial charge on any atom is -0.412 e. The Morgan fingerprint density at radius 3 is 0.400 bits per heavy atom. The van der Waals surface area contributed by atoms with Gasteiger partial charge in [0.15, 0.2) is 0 Å². The first-order valence-electron chi connectivity index (χ1n) is 0. The van der Waals surface area contributed by atoms with Crippen LogP contribution in [-0.4, -0.2) is 5.48 Å². The third-order valence-electron chi connectivity index (χ3n) is 0. The molecule has 0 aromatic carbocycles. The van der Waals surface area contributed by atoms with Gasteiger partial charge in [-0.05, 0) is 0 Å². The van der Waals surface area contributed by atoms with Crippen molar-refractivity contribution in [2.75, 3.05) is 0 Å². The Bertz CT molecular complexity index is 16.9. The van der Waals surface area contributed by atoms with Gasteiger partial charge in [-0.3, -0.25) is 0 Å². The van der Waals surface area contributed by atoms with Crippen molar-refractivity contribution in [3.63, 3.8) is 0 Å². The summed E-state index contributed by atoms with van der Waals surface area (Å²) < 4.78 is 0. The Balaban J connectivity index is 0. The van der Waals surface area contributed by atoms with Crippen LogP contribution in [0.4, 0.5) is 0 Å². The zero-order valence-electron chi connectivity index (χ0n) is 4.31. The Morgan fingerprint density at radius 1 is 0.400 bits per heavy atom. The number of rotatable bonds is 0. The van der Waals surface area contributed by atoms with Gasteiger partial charge in [-0.2, -0.15) is 0 Å². The molecule has 0 atom stereocenters. The SMILES string of the molecule is Cl.Cl.Cl.Cl.Cl.N.O.[Ru].[Ru].[Ru]. The fourth-order valence-corrected chi connectivity index (χ4v) is 0. The molecule has 0 heterocycles. The Morgan fingerprint density at radius 2 is 0.400 bits per heavy atom. The molecule has 0 aliphatic heterocycles. The van der Waals surface area contributed by atoms with Crippen molar-refractivity contribution in [2.24, 2.45) is 0 Å². The first-order valence-corrected chi connectivity index (χ1v) is 0. The minimum absolute atomic E-state index is 0. The summed E-state index contributed by atoms with van der Waals surface area (Å²) in [6, 6.07) is 0. The van der Waals surface area contributed by atoms with Gasteiger partial charge < -0.3 is 11.6 Å². The molecule has 0 rings (SSSR count). The van der Waals surface area contributed by atoms with Gasteiger partial charge in [0.05, 0.1) is 0 Å². The van der Waals surface area contributed by atoms with Crippen LogP contribution in [-0.2, 0) is 58.4 Å². The number of hydrogen-bond donors (Lipinski definition) is 1. The molecule has 0 aliphatic rings. The van der Waals surface area contributed by atoms with E-state index in [-0.39, 0.29) is 132 Å². The summed E-state index contributed by atoms with van der Waals surface area (Å²) in [7, 11) is 0. The smallest absolute Gasteiger partial charge is 0 e. The van der Waals surface area contributed by atoms with E-state index in [1.54, 1.807) is 0 Å². The summed E-state index contributed by atoms with van der Waals surface area (Å²) in [5, 5.41) is 0. The number of halogens is 5. The predicted molar refractivity (Wildman–Crippen MR) is 44.9 cm³/mol. The minimum atomic E-state index is 0. The summed E-state index contributed by atoms with van der Waals surface area (Å²) in [4.78, 5) is 0. The van der Waals surface area contributed by atoms with Gasteiger partial charge in [-0.25, -0.2) is 0 Å². The van der Waals surface area contributed by atoms with E-state index in [0.29, 0.717) is 0 Å². The fourth-order valence-electron chi connectivity index (χ4n) is 0. The molecule has 0 aliphatic carbocycles. The van der Waals surface area contributed by atoms with Crippen molar-refractivity contribution < 1.29 is 63.9 Å². The standard InChI is InChI=1S/5ClH.H3N.H2O.3Ru/h5*1H;1H3;1H2;;;. The molecule has 10 heteroatoms. The van der Waals surface area contributed by atoms with E-state index in [2.05, 4.69) is 0 Å². The molecule has 80 valence electrons. The molecule has 0 bridgehead atoms. The summed E-state index contributed by atoms with van der Waals surface area (Å²) in [6.45, 7) is 0. The maximum Gasteiger partial charge on any atom is 0 e. The topological polar surface area (TPSA) is 66.5 Å². The van der Waals surface area contributed by atoms with Crippen LogP contribution < -0.4 is 6.15 Å². The maximum absolute atomic E-state index is 0. The van der Waals surface area contributed by atoms with Gasteiger partial charge >= 0.3 is 0 Å². The van der Waals surface area contributed by atoms with E-state index in [1.165, 1.54) is 0 Å². The second-order valence-electron chi connectivity index (χ2n) is 0. The van der Waals surface area contributed by atoms with Crippen LogP contribution >= 0.6 is 62.0 Å². The van der Waals surface area contributed by atoms with Crippen molar-refractivity contribution >= 4 is 62.0 Å². The average molecular weight is 521 g/mol. The molecule has 0 unspecified atom stereocenters. The summed E-state index contributed by atoms with van der Waals surface area (Å²) in [5.41, 5.74) is 0. The molecule has 0 saturated carbocycles. The van der Waals surface area contributed by atoms with Crippen LogP contribution in [0.25, 0.3) is 0 Å². The molecule has 0 aromatic heterocycles. The summed E-state index contributed by atoms with van der Waals surface area (Å²) in [6.07, 6.45) is 0. The second kappa shape index (κ2) is 147. The zero-order chi connectivity index (χ0) is 0. The molecule has 0 amide bonds. The molecular weight excluding hydrogens is 510 g/mol. The Labute approximate surface area is 130 Å². The molecular formula is H10Cl5NORu3. The van der Waals surface area contributed by atoms with Crippen LogP contribution in [0.1, 0.15) is 0 Å². The normalized spacial score (nSPS) is 0. The van der Waals surface area contributed by atoms with E-state index in [9.17, 15) is 0 Å². The van der Waals surface area contributed by atoms with Gasteiger partial charge in [-0.15, -0.1) is 62.0 Å². The first-order chi connectivity index (χ1) is 0. The molecule has 0 aromatic rings. The quantitative estimate of drug-likeness (QED) is 0.483. The third kappa shape index (κ3) is 112. The van der Waals surface area contributed by atoms with E-state index >= 15 is 0 Å². The molecule has 10 heavy (non-hydrogen) atoms. The van der Waals surface area contributed by atoms with Crippen LogP contribution in [0.5, 0.6) is 0 Å². The maximum atomic E-state index is 0. The Hall–Kier alpha value is 3.24. The summed E-state index contributed by atoms with van der Waals surface area (Å²) >= 11 is 0. The van der Waals surface area contributed by atoms with Gasteiger partial charge in [0.2, 0.25) is 0 Å². The van der Waals surface area contributed by atoms with Crippen LogP contribution in [0.2, 0.25) is 0 Å². The molecule has 5 N–H and O–H groups in total. The van der Waals surface area contributed by atoms with Crippen molar-refractivity contribution in [2.45, 2.75) is 0 Å². The van der Waals surface area contributed by atoms with Crippen molar-refractivity contribution in [3.8, 4) is 0 Å². The fraction of sp³-hybridized carbons (Fsp3) is 0. The first kappa shape index (κ1) is 189. The van der Waals surface area contributed by atoms with Crippen molar-refractivity contribution in [3.05, 3.63) is 0 Å². The van der Waals surface area contributed by atoms with Crippen LogP contribution in [0.15, 0.2) is 0 Å². The van der Waals surface area contributed by atoms with Crippen LogP contribution in [0, 0.1) is 0 Å². The van der Waals surface area contributed by atoms with Crippen LogP contribution in [0.3, 0.4) is 0 Å².